The molecule has 0 unspecified atom stereocenters. The van der Waals surface area contributed by atoms with Gasteiger partial charge >= 0.3 is 6.01 Å². The average molecular weight is 222 g/mol. The van der Waals surface area contributed by atoms with Crippen LogP contribution in [0.25, 0.3) is 0 Å². The highest BCUT2D eigenvalue weighted by molar-refractivity contribution is 5.95. The van der Waals surface area contributed by atoms with Crippen molar-refractivity contribution in [3.8, 4) is 0 Å². The number of nitrogens with one attached hydrogen (secondary N) is 1. The second-order valence-electron chi connectivity index (χ2n) is 4.66. The lowest BCUT2D eigenvalue weighted by atomic mass is 10.1. The van der Waals surface area contributed by atoms with Crippen LogP contribution in [0.15, 0.2) is 4.42 Å². The number of amides is 1. The molecule has 2 saturated carbocycles. The average Bonchev–Trinajstić information content (AvgIpc) is 3.19. The number of anilines is 1. The van der Waals surface area contributed by atoms with Crippen molar-refractivity contribution >= 4 is 11.9 Å². The Bertz CT molecular complexity index is 420. The number of carbonyl (C=O) groups excluding carboxylic acids is 1. The van der Waals surface area contributed by atoms with Gasteiger partial charge in [0.05, 0.1) is 5.41 Å². The molecule has 0 radical (unpaired) electrons. The van der Waals surface area contributed by atoms with Crippen molar-refractivity contribution in [1.29, 1.82) is 0 Å². The summed E-state index contributed by atoms with van der Waals surface area (Å²) in [5, 5.41) is 10.3. The maximum atomic E-state index is 11.8. The van der Waals surface area contributed by atoms with Gasteiger partial charge in [-0.3, -0.25) is 10.1 Å². The zero-order valence-electron chi connectivity index (χ0n) is 8.90. The quantitative estimate of drug-likeness (QED) is 0.779. The fourth-order valence-electron chi connectivity index (χ4n) is 1.68. The summed E-state index contributed by atoms with van der Waals surface area (Å²) in [6.45, 7) is 0.377. The fraction of sp³-hybridized carbons (Fsp3) is 0.700. The Labute approximate surface area is 92.6 Å². The molecule has 0 spiro atoms. The predicted molar refractivity (Wildman–Crippen MR) is 55.6 cm³/mol. The minimum absolute atomic E-state index is 0.0963. The van der Waals surface area contributed by atoms with E-state index in [0.717, 1.165) is 25.7 Å². The molecule has 3 rings (SSSR count). The van der Waals surface area contributed by atoms with E-state index in [1.54, 1.807) is 0 Å². The first-order chi connectivity index (χ1) is 7.73. The van der Waals surface area contributed by atoms with E-state index in [1.165, 1.54) is 0 Å². The zero-order chi connectivity index (χ0) is 11.2. The molecule has 3 N–H and O–H groups in total. The van der Waals surface area contributed by atoms with Gasteiger partial charge in [0.1, 0.15) is 0 Å². The number of hydrogen-bond donors (Lipinski definition) is 2. The molecule has 86 valence electrons. The van der Waals surface area contributed by atoms with Crippen LogP contribution in [0.3, 0.4) is 0 Å². The summed E-state index contributed by atoms with van der Waals surface area (Å²) in [7, 11) is 0. The van der Waals surface area contributed by atoms with E-state index in [-0.39, 0.29) is 17.3 Å². The van der Waals surface area contributed by atoms with Crippen molar-refractivity contribution in [3.63, 3.8) is 0 Å². The molecule has 0 atom stereocenters. The van der Waals surface area contributed by atoms with Crippen molar-refractivity contribution < 1.29 is 9.21 Å². The molecule has 0 aliphatic heterocycles. The molecule has 2 aliphatic carbocycles. The standard InChI is InChI=1S/C10H14N4O2/c11-5-10(3-4-10)8(15)12-9-14-13-7(16-9)6-1-2-6/h6H,1-5,11H2,(H,12,14,15). The van der Waals surface area contributed by atoms with Crippen LogP contribution < -0.4 is 11.1 Å². The van der Waals surface area contributed by atoms with Gasteiger partial charge in [-0.15, -0.1) is 5.10 Å². The molecule has 2 fully saturated rings. The first-order valence-electron chi connectivity index (χ1n) is 5.58. The molecule has 6 nitrogen and oxygen atoms in total. The SMILES string of the molecule is NCC1(C(=O)Nc2nnc(C3CC3)o2)CC1. The third-order valence-electron chi connectivity index (χ3n) is 3.31. The summed E-state index contributed by atoms with van der Waals surface area (Å²) in [4.78, 5) is 11.8. The molecule has 6 heteroatoms. The monoisotopic (exact) mass is 222 g/mol. The number of nitrogens with two attached hydrogens (primary N) is 1. The van der Waals surface area contributed by atoms with Gasteiger partial charge in [-0.05, 0) is 25.7 Å². The van der Waals surface area contributed by atoms with Crippen LogP contribution in [0.2, 0.25) is 0 Å². The Balaban J connectivity index is 1.66. The molecule has 2 aliphatic rings. The van der Waals surface area contributed by atoms with Crippen LogP contribution in [0, 0.1) is 5.41 Å². The highest BCUT2D eigenvalue weighted by atomic mass is 16.4. The third-order valence-corrected chi connectivity index (χ3v) is 3.31. The van der Waals surface area contributed by atoms with Crippen molar-refractivity contribution in [1.82, 2.24) is 10.2 Å². The molecular formula is C10H14N4O2. The normalized spacial score (nSPS) is 21.8. The Morgan fingerprint density at radius 3 is 2.81 bits per heavy atom. The van der Waals surface area contributed by atoms with Gasteiger partial charge in [-0.2, -0.15) is 0 Å². The van der Waals surface area contributed by atoms with Gasteiger partial charge in [-0.1, -0.05) is 5.10 Å². The van der Waals surface area contributed by atoms with Gasteiger partial charge in [0.15, 0.2) is 0 Å². The van der Waals surface area contributed by atoms with E-state index >= 15 is 0 Å². The fourth-order valence-corrected chi connectivity index (χ4v) is 1.68. The molecular weight excluding hydrogens is 208 g/mol. The van der Waals surface area contributed by atoms with E-state index in [2.05, 4.69) is 15.5 Å². The van der Waals surface area contributed by atoms with Crippen LogP contribution in [-0.2, 0) is 4.79 Å². The number of nitrogens with zero attached hydrogens (tertiary/aromatic N) is 2. The first-order valence-corrected chi connectivity index (χ1v) is 5.58. The maximum Gasteiger partial charge on any atom is 0.322 e. The van der Waals surface area contributed by atoms with Gasteiger partial charge in [0, 0.05) is 12.5 Å². The van der Waals surface area contributed by atoms with E-state index in [1.807, 2.05) is 0 Å². The minimum atomic E-state index is -0.381. The molecule has 0 bridgehead atoms. The topological polar surface area (TPSA) is 94.0 Å². The summed E-state index contributed by atoms with van der Waals surface area (Å²) in [6.07, 6.45) is 3.89. The highest BCUT2D eigenvalue weighted by Gasteiger charge is 2.49. The summed E-state index contributed by atoms with van der Waals surface area (Å²) in [5.41, 5.74) is 5.18. The van der Waals surface area contributed by atoms with E-state index < -0.39 is 0 Å². The maximum absolute atomic E-state index is 11.8. The van der Waals surface area contributed by atoms with Crippen molar-refractivity contribution in [2.24, 2.45) is 11.1 Å². The predicted octanol–water partition coefficient (Wildman–Crippen LogP) is 0.624. The number of hydrogen-bond acceptors (Lipinski definition) is 5. The van der Waals surface area contributed by atoms with Crippen molar-refractivity contribution in [2.75, 3.05) is 11.9 Å². The Morgan fingerprint density at radius 1 is 1.50 bits per heavy atom. The van der Waals surface area contributed by atoms with Crippen LogP contribution in [0.4, 0.5) is 6.01 Å². The lowest BCUT2D eigenvalue weighted by molar-refractivity contribution is -0.120. The minimum Gasteiger partial charge on any atom is -0.408 e. The lowest BCUT2D eigenvalue weighted by Gasteiger charge is -2.09. The van der Waals surface area contributed by atoms with Crippen LogP contribution >= 0.6 is 0 Å². The van der Waals surface area contributed by atoms with E-state index in [0.29, 0.717) is 18.4 Å². The van der Waals surface area contributed by atoms with Crippen LogP contribution in [0.1, 0.15) is 37.5 Å². The Morgan fingerprint density at radius 2 is 2.25 bits per heavy atom. The van der Waals surface area contributed by atoms with E-state index in [9.17, 15) is 4.79 Å². The second-order valence-corrected chi connectivity index (χ2v) is 4.66. The van der Waals surface area contributed by atoms with Gasteiger partial charge in [0.2, 0.25) is 11.8 Å². The molecule has 0 aromatic carbocycles. The van der Waals surface area contributed by atoms with Crippen molar-refractivity contribution in [3.05, 3.63) is 5.89 Å². The van der Waals surface area contributed by atoms with Crippen molar-refractivity contribution in [2.45, 2.75) is 31.6 Å². The summed E-state index contributed by atoms with van der Waals surface area (Å²) < 4.78 is 5.35. The third kappa shape index (κ3) is 1.59. The van der Waals surface area contributed by atoms with Gasteiger partial charge in [0.25, 0.3) is 0 Å². The Hall–Kier alpha value is -1.43. The molecule has 1 aromatic rings. The van der Waals surface area contributed by atoms with E-state index in [4.69, 9.17) is 10.2 Å². The summed E-state index contributed by atoms with van der Waals surface area (Å²) in [5.74, 6) is 0.941. The molecule has 0 saturated heterocycles. The summed E-state index contributed by atoms with van der Waals surface area (Å²) in [6, 6.07) is 0.201. The van der Waals surface area contributed by atoms with Crippen LogP contribution in [0.5, 0.6) is 0 Å². The highest BCUT2D eigenvalue weighted by Crippen LogP contribution is 2.45. The molecule has 1 aromatic heterocycles. The van der Waals surface area contributed by atoms with Crippen LogP contribution in [-0.4, -0.2) is 22.6 Å². The summed E-state index contributed by atoms with van der Waals surface area (Å²) >= 11 is 0. The van der Waals surface area contributed by atoms with Gasteiger partial charge in [-0.25, -0.2) is 0 Å². The lowest BCUT2D eigenvalue weighted by Crippen LogP contribution is -2.30. The Kier molecular flexibility index (Phi) is 2.00. The number of carbonyl (C=O) groups is 1. The largest absolute Gasteiger partial charge is 0.408 e. The molecule has 1 amide bonds. The van der Waals surface area contributed by atoms with Gasteiger partial charge < -0.3 is 10.2 Å². The smallest absolute Gasteiger partial charge is 0.322 e. The molecule has 1 heterocycles. The first kappa shape index (κ1) is 9.77. The number of aromatic nitrogens is 2. The second kappa shape index (κ2) is 3.28. The number of rotatable bonds is 4. The zero-order valence-corrected chi connectivity index (χ0v) is 8.90. The molecule has 16 heavy (non-hydrogen) atoms.